The minimum absolute atomic E-state index is 0.0645. The summed E-state index contributed by atoms with van der Waals surface area (Å²) in [5.74, 6) is -0.378. The first kappa shape index (κ1) is 19.3. The SMILES string of the molecule is CCc1ccc(C(C)NC(=O)/C(C#N)=C\NCc2cccc(C)c2)cc1. The molecular formula is C22H25N3O. The van der Waals surface area contributed by atoms with E-state index < -0.39 is 0 Å². The van der Waals surface area contributed by atoms with E-state index in [1.165, 1.54) is 17.3 Å². The Hall–Kier alpha value is -3.06. The van der Waals surface area contributed by atoms with Crippen molar-refractivity contribution in [2.45, 2.75) is 39.8 Å². The summed E-state index contributed by atoms with van der Waals surface area (Å²) < 4.78 is 0. The smallest absolute Gasteiger partial charge is 0.263 e. The molecule has 0 fully saturated rings. The van der Waals surface area contributed by atoms with Crippen LogP contribution in [-0.2, 0) is 17.8 Å². The maximum atomic E-state index is 12.3. The van der Waals surface area contributed by atoms with Gasteiger partial charge in [0.05, 0.1) is 6.04 Å². The Balaban J connectivity index is 1.95. The highest BCUT2D eigenvalue weighted by atomic mass is 16.1. The third-order valence-electron chi connectivity index (χ3n) is 4.24. The van der Waals surface area contributed by atoms with Crippen LogP contribution in [0.2, 0.25) is 0 Å². The van der Waals surface area contributed by atoms with Crippen LogP contribution in [0.5, 0.6) is 0 Å². The van der Waals surface area contributed by atoms with Crippen LogP contribution in [0, 0.1) is 18.3 Å². The number of nitrogens with one attached hydrogen (secondary N) is 2. The zero-order valence-electron chi connectivity index (χ0n) is 15.5. The molecule has 0 spiro atoms. The van der Waals surface area contributed by atoms with E-state index in [9.17, 15) is 10.1 Å². The fraction of sp³-hybridized carbons (Fsp3) is 0.273. The Labute approximate surface area is 155 Å². The van der Waals surface area contributed by atoms with Crippen molar-refractivity contribution in [3.8, 4) is 6.07 Å². The first-order chi connectivity index (χ1) is 12.5. The lowest BCUT2D eigenvalue weighted by Crippen LogP contribution is -2.28. The molecule has 0 aliphatic carbocycles. The summed E-state index contributed by atoms with van der Waals surface area (Å²) in [5.41, 5.74) is 4.61. The fourth-order valence-corrected chi connectivity index (χ4v) is 2.64. The van der Waals surface area contributed by atoms with Crippen molar-refractivity contribution in [2.24, 2.45) is 0 Å². The number of nitriles is 1. The zero-order chi connectivity index (χ0) is 18.9. The highest BCUT2D eigenvalue weighted by Gasteiger charge is 2.13. The van der Waals surface area contributed by atoms with Gasteiger partial charge in [0, 0.05) is 12.7 Å². The second kappa shape index (κ2) is 9.43. The third kappa shape index (κ3) is 5.49. The molecule has 0 aliphatic rings. The second-order valence-corrected chi connectivity index (χ2v) is 6.33. The summed E-state index contributed by atoms with van der Waals surface area (Å²) in [6.45, 7) is 6.61. The molecule has 0 heterocycles. The quantitative estimate of drug-likeness (QED) is 0.589. The maximum Gasteiger partial charge on any atom is 0.263 e. The number of hydrogen-bond acceptors (Lipinski definition) is 3. The van der Waals surface area contributed by atoms with E-state index in [0.717, 1.165) is 17.5 Å². The van der Waals surface area contributed by atoms with Gasteiger partial charge in [-0.2, -0.15) is 5.26 Å². The normalized spacial score (nSPS) is 12.2. The van der Waals surface area contributed by atoms with E-state index in [0.29, 0.717) is 6.54 Å². The van der Waals surface area contributed by atoms with E-state index in [4.69, 9.17) is 0 Å². The number of amides is 1. The molecule has 1 atom stereocenters. The first-order valence-electron chi connectivity index (χ1n) is 8.82. The molecular weight excluding hydrogens is 322 g/mol. The number of rotatable bonds is 7. The minimum atomic E-state index is -0.378. The monoisotopic (exact) mass is 347 g/mol. The molecule has 2 aromatic rings. The van der Waals surface area contributed by atoms with Crippen LogP contribution in [0.4, 0.5) is 0 Å². The number of nitrogens with zero attached hydrogens (tertiary/aromatic N) is 1. The molecule has 134 valence electrons. The van der Waals surface area contributed by atoms with Crippen molar-refractivity contribution in [1.29, 1.82) is 5.26 Å². The summed E-state index contributed by atoms with van der Waals surface area (Å²) in [4.78, 5) is 12.3. The molecule has 2 N–H and O–H groups in total. The van der Waals surface area contributed by atoms with E-state index in [2.05, 4.69) is 35.8 Å². The maximum absolute atomic E-state index is 12.3. The minimum Gasteiger partial charge on any atom is -0.386 e. The van der Waals surface area contributed by atoms with E-state index in [-0.39, 0.29) is 17.5 Å². The van der Waals surface area contributed by atoms with Crippen LogP contribution < -0.4 is 10.6 Å². The second-order valence-electron chi connectivity index (χ2n) is 6.33. The average Bonchev–Trinajstić information content (AvgIpc) is 2.65. The Morgan fingerprint density at radius 1 is 1.19 bits per heavy atom. The van der Waals surface area contributed by atoms with Gasteiger partial charge in [-0.05, 0) is 37.0 Å². The number of hydrogen-bond donors (Lipinski definition) is 2. The van der Waals surface area contributed by atoms with Gasteiger partial charge in [0.2, 0.25) is 0 Å². The summed E-state index contributed by atoms with van der Waals surface area (Å²) in [7, 11) is 0. The molecule has 4 heteroatoms. The molecule has 0 radical (unpaired) electrons. The first-order valence-corrected chi connectivity index (χ1v) is 8.82. The van der Waals surface area contributed by atoms with Gasteiger partial charge in [-0.3, -0.25) is 4.79 Å². The molecule has 1 unspecified atom stereocenters. The Kier molecular flexibility index (Phi) is 6.99. The van der Waals surface area contributed by atoms with Gasteiger partial charge < -0.3 is 10.6 Å². The van der Waals surface area contributed by atoms with Crippen molar-refractivity contribution in [2.75, 3.05) is 0 Å². The fourth-order valence-electron chi connectivity index (χ4n) is 2.64. The van der Waals surface area contributed by atoms with Crippen LogP contribution in [0.15, 0.2) is 60.3 Å². The lowest BCUT2D eigenvalue weighted by atomic mass is 10.0. The largest absolute Gasteiger partial charge is 0.386 e. The molecule has 0 saturated carbocycles. The molecule has 1 amide bonds. The number of carbonyl (C=O) groups is 1. The van der Waals surface area contributed by atoms with Gasteiger partial charge in [0.1, 0.15) is 11.6 Å². The molecule has 26 heavy (non-hydrogen) atoms. The zero-order valence-corrected chi connectivity index (χ0v) is 15.5. The summed E-state index contributed by atoms with van der Waals surface area (Å²) in [6, 6.07) is 18.0. The van der Waals surface area contributed by atoms with E-state index >= 15 is 0 Å². The molecule has 2 rings (SSSR count). The highest BCUT2D eigenvalue weighted by Crippen LogP contribution is 2.14. The van der Waals surface area contributed by atoms with Gasteiger partial charge in [-0.25, -0.2) is 0 Å². The van der Waals surface area contributed by atoms with Crippen LogP contribution in [-0.4, -0.2) is 5.91 Å². The van der Waals surface area contributed by atoms with Crippen molar-refractivity contribution in [1.82, 2.24) is 10.6 Å². The van der Waals surface area contributed by atoms with Gasteiger partial charge in [0.25, 0.3) is 5.91 Å². The summed E-state index contributed by atoms with van der Waals surface area (Å²) in [5, 5.41) is 15.2. The lowest BCUT2D eigenvalue weighted by Gasteiger charge is -2.14. The molecule has 4 nitrogen and oxygen atoms in total. The van der Waals surface area contributed by atoms with E-state index in [1.54, 1.807) is 0 Å². The van der Waals surface area contributed by atoms with Gasteiger partial charge in [-0.1, -0.05) is 61.0 Å². The van der Waals surface area contributed by atoms with Crippen molar-refractivity contribution in [3.63, 3.8) is 0 Å². The molecule has 0 aliphatic heterocycles. The Bertz CT molecular complexity index is 816. The molecule has 2 aromatic carbocycles. The average molecular weight is 347 g/mol. The lowest BCUT2D eigenvalue weighted by molar-refractivity contribution is -0.117. The molecule has 0 bridgehead atoms. The van der Waals surface area contributed by atoms with Gasteiger partial charge in [-0.15, -0.1) is 0 Å². The Morgan fingerprint density at radius 3 is 2.54 bits per heavy atom. The van der Waals surface area contributed by atoms with E-state index in [1.807, 2.05) is 50.2 Å². The summed E-state index contributed by atoms with van der Waals surface area (Å²) in [6.07, 6.45) is 2.46. The predicted molar refractivity (Wildman–Crippen MR) is 104 cm³/mol. The van der Waals surface area contributed by atoms with Crippen LogP contribution in [0.1, 0.15) is 42.1 Å². The van der Waals surface area contributed by atoms with Crippen molar-refractivity contribution in [3.05, 3.63) is 82.6 Å². The van der Waals surface area contributed by atoms with Crippen LogP contribution >= 0.6 is 0 Å². The number of benzene rings is 2. The van der Waals surface area contributed by atoms with Gasteiger partial charge >= 0.3 is 0 Å². The molecule has 0 aromatic heterocycles. The van der Waals surface area contributed by atoms with Gasteiger partial charge in [0.15, 0.2) is 0 Å². The summed E-state index contributed by atoms with van der Waals surface area (Å²) >= 11 is 0. The predicted octanol–water partition coefficient (Wildman–Crippen LogP) is 3.93. The number of aryl methyl sites for hydroxylation is 2. The topological polar surface area (TPSA) is 64.9 Å². The number of carbonyl (C=O) groups excluding carboxylic acids is 1. The highest BCUT2D eigenvalue weighted by molar-refractivity contribution is 5.97. The van der Waals surface area contributed by atoms with Crippen LogP contribution in [0.25, 0.3) is 0 Å². The van der Waals surface area contributed by atoms with Crippen molar-refractivity contribution < 1.29 is 4.79 Å². The standard InChI is InChI=1S/C22H25N3O/c1-4-18-8-10-20(11-9-18)17(3)25-22(26)21(13-23)15-24-14-19-7-5-6-16(2)12-19/h5-12,15,17,24H,4,14H2,1-3H3,(H,25,26)/b21-15-. The molecule has 0 saturated heterocycles. The van der Waals surface area contributed by atoms with Crippen molar-refractivity contribution >= 4 is 5.91 Å². The third-order valence-corrected chi connectivity index (χ3v) is 4.24. The Morgan fingerprint density at radius 2 is 1.92 bits per heavy atom. The van der Waals surface area contributed by atoms with Crippen LogP contribution in [0.3, 0.4) is 0 Å².